The van der Waals surface area contributed by atoms with Crippen molar-refractivity contribution in [2.45, 2.75) is 12.8 Å². The van der Waals surface area contributed by atoms with E-state index in [1.54, 1.807) is 17.5 Å². The van der Waals surface area contributed by atoms with Gasteiger partial charge in [-0.1, -0.05) is 11.3 Å². The fourth-order valence-corrected chi connectivity index (χ4v) is 1.51. The van der Waals surface area contributed by atoms with Crippen LogP contribution < -0.4 is 4.74 Å². The molecule has 1 radical (unpaired) electrons. The van der Waals surface area contributed by atoms with Crippen molar-refractivity contribution < 1.29 is 4.74 Å². The van der Waals surface area contributed by atoms with Crippen LogP contribution >= 0.6 is 11.3 Å². The molecule has 59 valence electrons. The zero-order valence-corrected chi connectivity index (χ0v) is 7.01. The Morgan fingerprint density at radius 2 is 2.55 bits per heavy atom. The summed E-state index contributed by atoms with van der Waals surface area (Å²) in [6.07, 6.45) is 6.49. The van der Waals surface area contributed by atoms with E-state index in [2.05, 4.69) is 11.4 Å². The molecule has 0 saturated heterocycles. The van der Waals surface area contributed by atoms with Crippen LogP contribution in [0, 0.1) is 12.3 Å². The Morgan fingerprint density at radius 1 is 1.64 bits per heavy atom. The molecule has 1 heterocycles. The Balaban J connectivity index is 1.74. The molecule has 1 aliphatic carbocycles. The molecular formula is C8H10NOS. The predicted molar refractivity (Wildman–Crippen MR) is 44.6 cm³/mol. The molecule has 0 spiro atoms. The lowest BCUT2D eigenvalue weighted by molar-refractivity contribution is 0.214. The van der Waals surface area contributed by atoms with Gasteiger partial charge in [0.05, 0.1) is 6.61 Å². The van der Waals surface area contributed by atoms with Crippen LogP contribution in [0.15, 0.2) is 11.6 Å². The Bertz CT molecular complexity index is 206. The third-order valence-electron chi connectivity index (χ3n) is 1.85. The number of hydrogen-bond acceptors (Lipinski definition) is 3. The highest BCUT2D eigenvalue weighted by molar-refractivity contribution is 7.11. The quantitative estimate of drug-likeness (QED) is 0.689. The van der Waals surface area contributed by atoms with Gasteiger partial charge in [0, 0.05) is 11.6 Å². The molecule has 0 N–H and O–H groups in total. The predicted octanol–water partition coefficient (Wildman–Crippen LogP) is 2.14. The fourth-order valence-electron chi connectivity index (χ4n) is 1.01. The molecule has 0 aromatic carbocycles. The monoisotopic (exact) mass is 168 g/mol. The molecule has 0 bridgehead atoms. The summed E-state index contributed by atoms with van der Waals surface area (Å²) in [5.41, 5.74) is 0. The summed E-state index contributed by atoms with van der Waals surface area (Å²) >= 11 is 1.56. The van der Waals surface area contributed by atoms with Gasteiger partial charge in [-0.15, -0.1) is 0 Å². The summed E-state index contributed by atoms with van der Waals surface area (Å²) in [6.45, 7) is 0.837. The van der Waals surface area contributed by atoms with E-state index in [-0.39, 0.29) is 0 Å². The van der Waals surface area contributed by atoms with E-state index in [1.165, 1.54) is 12.8 Å². The van der Waals surface area contributed by atoms with Gasteiger partial charge in [-0.3, -0.25) is 0 Å². The highest BCUT2D eigenvalue weighted by Crippen LogP contribution is 2.26. The first-order valence-corrected chi connectivity index (χ1v) is 4.67. The molecule has 11 heavy (non-hydrogen) atoms. The van der Waals surface area contributed by atoms with Crippen molar-refractivity contribution in [1.29, 1.82) is 0 Å². The molecule has 1 saturated carbocycles. The van der Waals surface area contributed by atoms with E-state index in [0.29, 0.717) is 0 Å². The third kappa shape index (κ3) is 1.71. The number of rotatable bonds is 3. The van der Waals surface area contributed by atoms with E-state index in [1.807, 2.05) is 5.38 Å². The van der Waals surface area contributed by atoms with Crippen molar-refractivity contribution in [2.75, 3.05) is 6.61 Å². The highest BCUT2D eigenvalue weighted by Gasteiger charge is 2.18. The van der Waals surface area contributed by atoms with Gasteiger partial charge in [-0.25, -0.2) is 4.98 Å². The fraction of sp³-hybridized carbons (Fsp3) is 0.500. The summed E-state index contributed by atoms with van der Waals surface area (Å²) in [6, 6.07) is 0. The van der Waals surface area contributed by atoms with Crippen LogP contribution in [0.2, 0.25) is 0 Å². The first-order valence-electron chi connectivity index (χ1n) is 3.79. The number of nitrogens with zero attached hydrogens (tertiary/aromatic N) is 1. The summed E-state index contributed by atoms with van der Waals surface area (Å²) in [4.78, 5) is 4.03. The zero-order valence-electron chi connectivity index (χ0n) is 6.19. The molecule has 0 amide bonds. The van der Waals surface area contributed by atoms with Crippen LogP contribution in [0.1, 0.15) is 12.8 Å². The van der Waals surface area contributed by atoms with E-state index < -0.39 is 0 Å². The maximum absolute atomic E-state index is 5.44. The zero-order chi connectivity index (χ0) is 7.52. The average molecular weight is 168 g/mol. The number of aromatic nitrogens is 1. The van der Waals surface area contributed by atoms with E-state index >= 15 is 0 Å². The van der Waals surface area contributed by atoms with Crippen LogP contribution in [-0.4, -0.2) is 11.6 Å². The first-order chi connectivity index (χ1) is 5.45. The largest absolute Gasteiger partial charge is 0.470 e. The standard InChI is InChI=1S/C8H10NOS/c1-2-7(3-1)6-10-8-9-4-5-11-8/h1,4-5,7H,2-3,6H2. The molecule has 3 heteroatoms. The second-order valence-corrected chi connectivity index (χ2v) is 3.59. The van der Waals surface area contributed by atoms with Gasteiger partial charge in [-0.05, 0) is 25.2 Å². The summed E-state index contributed by atoms with van der Waals surface area (Å²) < 4.78 is 5.44. The number of ether oxygens (including phenoxy) is 1. The van der Waals surface area contributed by atoms with Crippen molar-refractivity contribution in [3.8, 4) is 5.19 Å². The molecule has 1 aromatic heterocycles. The average Bonchev–Trinajstić information content (AvgIpc) is 2.36. The molecule has 0 unspecified atom stereocenters. The van der Waals surface area contributed by atoms with Gasteiger partial charge < -0.3 is 4.74 Å². The number of thiazole rings is 1. The van der Waals surface area contributed by atoms with Crippen molar-refractivity contribution in [3.63, 3.8) is 0 Å². The molecule has 0 atom stereocenters. The Kier molecular flexibility index (Phi) is 2.08. The summed E-state index contributed by atoms with van der Waals surface area (Å²) in [5, 5.41) is 2.74. The molecule has 2 nitrogen and oxygen atoms in total. The van der Waals surface area contributed by atoms with Crippen molar-refractivity contribution in [1.82, 2.24) is 4.98 Å². The second kappa shape index (κ2) is 3.22. The van der Waals surface area contributed by atoms with Gasteiger partial charge in [-0.2, -0.15) is 0 Å². The normalized spacial score (nSPS) is 17.8. The van der Waals surface area contributed by atoms with Crippen LogP contribution in [-0.2, 0) is 0 Å². The second-order valence-electron chi connectivity index (χ2n) is 2.74. The lowest BCUT2D eigenvalue weighted by Crippen LogP contribution is -2.19. The Hall–Kier alpha value is -0.570. The highest BCUT2D eigenvalue weighted by atomic mass is 32.1. The topological polar surface area (TPSA) is 22.1 Å². The van der Waals surface area contributed by atoms with Crippen molar-refractivity contribution in [3.05, 3.63) is 18.0 Å². The van der Waals surface area contributed by atoms with E-state index in [4.69, 9.17) is 4.74 Å². The first kappa shape index (κ1) is 7.10. The summed E-state index contributed by atoms with van der Waals surface area (Å²) in [7, 11) is 0. The molecule has 2 rings (SSSR count). The minimum Gasteiger partial charge on any atom is -0.470 e. The minimum atomic E-state index is 0.749. The van der Waals surface area contributed by atoms with Crippen LogP contribution in [0.3, 0.4) is 0 Å². The van der Waals surface area contributed by atoms with Crippen LogP contribution in [0.5, 0.6) is 5.19 Å². The van der Waals surface area contributed by atoms with E-state index in [9.17, 15) is 0 Å². The Labute approximate surface area is 70.2 Å². The van der Waals surface area contributed by atoms with Crippen molar-refractivity contribution in [2.24, 2.45) is 5.92 Å². The van der Waals surface area contributed by atoms with Crippen molar-refractivity contribution >= 4 is 11.3 Å². The van der Waals surface area contributed by atoms with Gasteiger partial charge >= 0.3 is 0 Å². The van der Waals surface area contributed by atoms with Crippen LogP contribution in [0.25, 0.3) is 0 Å². The molecule has 1 fully saturated rings. The Morgan fingerprint density at radius 3 is 3.09 bits per heavy atom. The maximum atomic E-state index is 5.44. The van der Waals surface area contributed by atoms with Crippen LogP contribution in [0.4, 0.5) is 0 Å². The third-order valence-corrected chi connectivity index (χ3v) is 2.53. The molecular weight excluding hydrogens is 158 g/mol. The van der Waals surface area contributed by atoms with Gasteiger partial charge in [0.1, 0.15) is 0 Å². The summed E-state index contributed by atoms with van der Waals surface area (Å²) in [5.74, 6) is 0.749. The lowest BCUT2D eigenvalue weighted by Gasteiger charge is -2.23. The smallest absolute Gasteiger partial charge is 0.273 e. The maximum Gasteiger partial charge on any atom is 0.273 e. The molecule has 1 aromatic rings. The van der Waals surface area contributed by atoms with Gasteiger partial charge in [0.2, 0.25) is 0 Å². The molecule has 1 aliphatic rings. The van der Waals surface area contributed by atoms with Gasteiger partial charge in [0.25, 0.3) is 5.19 Å². The van der Waals surface area contributed by atoms with E-state index in [0.717, 1.165) is 17.7 Å². The minimum absolute atomic E-state index is 0.749. The molecule has 0 aliphatic heterocycles. The SMILES string of the molecule is [CH]1CC(COc2nccs2)C1. The number of hydrogen-bond donors (Lipinski definition) is 0. The lowest BCUT2D eigenvalue weighted by atomic mass is 9.86. The van der Waals surface area contributed by atoms with Gasteiger partial charge in [0.15, 0.2) is 0 Å².